The van der Waals surface area contributed by atoms with E-state index in [0.29, 0.717) is 10.7 Å². The monoisotopic (exact) mass is 518 g/mol. The topological polar surface area (TPSA) is 66.5 Å². The second-order valence-electron chi connectivity index (χ2n) is 8.57. The van der Waals surface area contributed by atoms with Gasteiger partial charge in [0.1, 0.15) is 6.54 Å². The molecule has 1 atom stereocenters. The number of carbonyl (C=O) groups excluding carboxylic acids is 1. The molecule has 0 saturated heterocycles. The lowest BCUT2D eigenvalue weighted by molar-refractivity contribution is -0.120. The molecule has 0 bridgehead atoms. The molecule has 4 rings (SSSR count). The Hall–Kier alpha value is -3.61. The maximum Gasteiger partial charge on any atom is 0.264 e. The Balaban J connectivity index is 1.69. The Bertz CT molecular complexity index is 1440. The van der Waals surface area contributed by atoms with E-state index in [4.69, 9.17) is 11.6 Å². The van der Waals surface area contributed by atoms with Gasteiger partial charge in [-0.2, -0.15) is 0 Å². The van der Waals surface area contributed by atoms with Gasteiger partial charge in [-0.15, -0.1) is 0 Å². The smallest absolute Gasteiger partial charge is 0.264 e. The molecular formula is C29H27ClN2O3S. The highest BCUT2D eigenvalue weighted by Crippen LogP contribution is 2.27. The molecule has 0 spiro atoms. The van der Waals surface area contributed by atoms with Crippen LogP contribution in [0.15, 0.2) is 108 Å². The molecule has 0 unspecified atom stereocenters. The van der Waals surface area contributed by atoms with Crippen LogP contribution in [-0.2, 0) is 14.8 Å². The summed E-state index contributed by atoms with van der Waals surface area (Å²) in [5, 5.41) is 3.54. The van der Waals surface area contributed by atoms with Crippen molar-refractivity contribution in [3.8, 4) is 0 Å². The van der Waals surface area contributed by atoms with E-state index in [1.807, 2.05) is 68.4 Å². The molecule has 5 nitrogen and oxygen atoms in total. The van der Waals surface area contributed by atoms with Crippen molar-refractivity contribution in [2.75, 3.05) is 10.8 Å². The molecule has 4 aromatic carbocycles. The van der Waals surface area contributed by atoms with Gasteiger partial charge in [-0.25, -0.2) is 8.42 Å². The number of halogens is 1. The number of sulfonamides is 1. The fourth-order valence-corrected chi connectivity index (χ4v) is 5.54. The van der Waals surface area contributed by atoms with E-state index in [1.165, 1.54) is 0 Å². The normalized spacial score (nSPS) is 12.1. The Morgan fingerprint density at radius 1 is 0.833 bits per heavy atom. The first-order valence-electron chi connectivity index (χ1n) is 11.5. The van der Waals surface area contributed by atoms with Crippen LogP contribution in [0, 0.1) is 13.8 Å². The van der Waals surface area contributed by atoms with Gasteiger partial charge in [0.2, 0.25) is 5.91 Å². The van der Waals surface area contributed by atoms with Gasteiger partial charge in [0, 0.05) is 5.02 Å². The van der Waals surface area contributed by atoms with Gasteiger partial charge in [0.05, 0.1) is 16.6 Å². The second kappa shape index (κ2) is 11.0. The first-order valence-corrected chi connectivity index (χ1v) is 13.3. The minimum Gasteiger partial charge on any atom is -0.344 e. The predicted molar refractivity (Wildman–Crippen MR) is 145 cm³/mol. The van der Waals surface area contributed by atoms with Gasteiger partial charge in [-0.05, 0) is 66.9 Å². The molecule has 0 heterocycles. The van der Waals surface area contributed by atoms with E-state index >= 15 is 0 Å². The molecule has 0 aliphatic carbocycles. The zero-order valence-corrected chi connectivity index (χ0v) is 21.6. The summed E-state index contributed by atoms with van der Waals surface area (Å²) in [6, 6.07) is 30.0. The molecule has 0 fully saturated rings. The third-order valence-electron chi connectivity index (χ3n) is 5.95. The van der Waals surface area contributed by atoms with Crippen molar-refractivity contribution >= 4 is 33.2 Å². The molecule has 184 valence electrons. The van der Waals surface area contributed by atoms with Crippen molar-refractivity contribution in [3.63, 3.8) is 0 Å². The number of benzene rings is 4. The quantitative estimate of drug-likeness (QED) is 0.308. The largest absolute Gasteiger partial charge is 0.344 e. The first kappa shape index (κ1) is 25.5. The molecule has 0 saturated carbocycles. The van der Waals surface area contributed by atoms with Crippen LogP contribution < -0.4 is 9.62 Å². The summed E-state index contributed by atoms with van der Waals surface area (Å²) in [5.74, 6) is -0.433. The van der Waals surface area contributed by atoms with Crippen molar-refractivity contribution in [2.45, 2.75) is 24.8 Å². The van der Waals surface area contributed by atoms with Crippen LogP contribution in [0.25, 0.3) is 0 Å². The highest BCUT2D eigenvalue weighted by atomic mass is 35.5. The molecule has 1 N–H and O–H groups in total. The predicted octanol–water partition coefficient (Wildman–Crippen LogP) is 6.06. The number of hydrogen-bond acceptors (Lipinski definition) is 3. The fourth-order valence-electron chi connectivity index (χ4n) is 3.99. The molecule has 0 aromatic heterocycles. The van der Waals surface area contributed by atoms with E-state index in [9.17, 15) is 13.2 Å². The van der Waals surface area contributed by atoms with Gasteiger partial charge >= 0.3 is 0 Å². The lowest BCUT2D eigenvalue weighted by Crippen LogP contribution is -2.42. The van der Waals surface area contributed by atoms with Crippen molar-refractivity contribution in [1.82, 2.24) is 5.32 Å². The number of aryl methyl sites for hydroxylation is 2. The zero-order valence-electron chi connectivity index (χ0n) is 20.1. The fraction of sp³-hybridized carbons (Fsp3) is 0.138. The SMILES string of the molecule is Cc1ccc(S(=O)(=O)N(CC(=O)N[C@@H](c2ccccc2)c2ccccc2C)c2ccc(Cl)cc2)cc1. The van der Waals surface area contributed by atoms with Gasteiger partial charge in [0.15, 0.2) is 0 Å². The minimum atomic E-state index is -4.02. The molecule has 0 aliphatic rings. The Morgan fingerprint density at radius 3 is 2.08 bits per heavy atom. The third kappa shape index (κ3) is 5.78. The van der Waals surface area contributed by atoms with Gasteiger partial charge in [-0.3, -0.25) is 9.10 Å². The van der Waals surface area contributed by atoms with Crippen LogP contribution >= 0.6 is 11.6 Å². The highest BCUT2D eigenvalue weighted by molar-refractivity contribution is 7.92. The van der Waals surface area contributed by atoms with Crippen LogP contribution in [0.4, 0.5) is 5.69 Å². The van der Waals surface area contributed by atoms with Crippen LogP contribution in [-0.4, -0.2) is 20.9 Å². The summed E-state index contributed by atoms with van der Waals surface area (Å²) in [4.78, 5) is 13.6. The Kier molecular flexibility index (Phi) is 7.77. The van der Waals surface area contributed by atoms with E-state index in [-0.39, 0.29) is 4.90 Å². The number of nitrogens with zero attached hydrogens (tertiary/aromatic N) is 1. The van der Waals surface area contributed by atoms with Crippen LogP contribution in [0.2, 0.25) is 5.02 Å². The molecule has 7 heteroatoms. The van der Waals surface area contributed by atoms with E-state index < -0.39 is 28.5 Å². The summed E-state index contributed by atoms with van der Waals surface area (Å²) in [6.45, 7) is 3.47. The van der Waals surface area contributed by atoms with Gasteiger partial charge in [0.25, 0.3) is 10.0 Å². The summed E-state index contributed by atoms with van der Waals surface area (Å²) >= 11 is 6.04. The van der Waals surface area contributed by atoms with Gasteiger partial charge < -0.3 is 5.32 Å². The molecule has 1 amide bonds. The standard InChI is InChI=1S/C29H27ClN2O3S/c1-21-12-18-26(19-13-21)36(34,35)32(25-16-14-24(30)15-17-25)20-28(33)31-29(23-9-4-3-5-10-23)27-11-7-6-8-22(27)2/h3-19,29H,20H2,1-2H3,(H,31,33)/t29-/m0/s1. The number of nitrogens with one attached hydrogen (secondary N) is 1. The molecule has 4 aromatic rings. The maximum atomic E-state index is 13.7. The number of rotatable bonds is 8. The van der Waals surface area contributed by atoms with Crippen molar-refractivity contribution in [1.29, 1.82) is 0 Å². The minimum absolute atomic E-state index is 0.106. The van der Waals surface area contributed by atoms with Crippen LogP contribution in [0.5, 0.6) is 0 Å². The lowest BCUT2D eigenvalue weighted by Gasteiger charge is -2.27. The molecular weight excluding hydrogens is 492 g/mol. The maximum absolute atomic E-state index is 13.7. The Labute approximate surface area is 217 Å². The first-order chi connectivity index (χ1) is 17.3. The van der Waals surface area contributed by atoms with Gasteiger partial charge in [-0.1, -0.05) is 83.9 Å². The number of anilines is 1. The van der Waals surface area contributed by atoms with E-state index in [0.717, 1.165) is 26.6 Å². The average Bonchev–Trinajstić information content (AvgIpc) is 2.88. The lowest BCUT2D eigenvalue weighted by atomic mass is 9.95. The third-order valence-corrected chi connectivity index (χ3v) is 7.99. The summed E-state index contributed by atoms with van der Waals surface area (Å²) in [6.07, 6.45) is 0. The Morgan fingerprint density at radius 2 is 1.44 bits per heavy atom. The van der Waals surface area contributed by atoms with Crippen molar-refractivity contribution < 1.29 is 13.2 Å². The summed E-state index contributed by atoms with van der Waals surface area (Å²) in [5.41, 5.74) is 4.15. The van der Waals surface area contributed by atoms with Crippen molar-refractivity contribution in [3.05, 3.63) is 130 Å². The van der Waals surface area contributed by atoms with E-state index in [1.54, 1.807) is 48.5 Å². The van der Waals surface area contributed by atoms with Crippen LogP contribution in [0.1, 0.15) is 28.3 Å². The molecule has 36 heavy (non-hydrogen) atoms. The zero-order chi connectivity index (χ0) is 25.7. The van der Waals surface area contributed by atoms with Crippen molar-refractivity contribution in [2.24, 2.45) is 0 Å². The summed E-state index contributed by atoms with van der Waals surface area (Å²) < 4.78 is 28.4. The van der Waals surface area contributed by atoms with Crippen LogP contribution in [0.3, 0.4) is 0 Å². The average molecular weight is 519 g/mol. The summed E-state index contributed by atoms with van der Waals surface area (Å²) in [7, 11) is -4.02. The molecule has 0 radical (unpaired) electrons. The number of carbonyl (C=O) groups is 1. The second-order valence-corrected chi connectivity index (χ2v) is 10.9. The number of hydrogen-bond donors (Lipinski definition) is 1. The highest BCUT2D eigenvalue weighted by Gasteiger charge is 2.28. The molecule has 0 aliphatic heterocycles. The number of amides is 1. The van der Waals surface area contributed by atoms with E-state index in [2.05, 4.69) is 5.32 Å².